The van der Waals surface area contributed by atoms with Crippen LogP contribution in [0.25, 0.3) is 0 Å². The van der Waals surface area contributed by atoms with E-state index in [1.165, 1.54) is 12.1 Å². The van der Waals surface area contributed by atoms with Crippen LogP contribution in [-0.4, -0.2) is 19.0 Å². The van der Waals surface area contributed by atoms with Crippen LogP contribution in [-0.2, 0) is 10.2 Å². The molecule has 1 spiro atoms. The van der Waals surface area contributed by atoms with Gasteiger partial charge in [0.2, 0.25) is 5.91 Å². The molecule has 5 heteroatoms. The summed E-state index contributed by atoms with van der Waals surface area (Å²) in [5, 5.41) is 6.04. The number of nitrogens with one attached hydrogen (secondary N) is 2. The van der Waals surface area contributed by atoms with Gasteiger partial charge >= 0.3 is 0 Å². The summed E-state index contributed by atoms with van der Waals surface area (Å²) in [4.78, 5) is 12.1. The molecule has 2 aliphatic heterocycles. The predicted molar refractivity (Wildman–Crippen MR) is 66.1 cm³/mol. The van der Waals surface area contributed by atoms with Gasteiger partial charge in [-0.1, -0.05) is 6.07 Å². The number of piperidine rings is 1. The van der Waals surface area contributed by atoms with E-state index in [0.717, 1.165) is 31.5 Å². The summed E-state index contributed by atoms with van der Waals surface area (Å²) in [7, 11) is 0. The smallest absolute Gasteiger partial charge is 0.235 e. The van der Waals surface area contributed by atoms with Crippen LogP contribution >= 0.6 is 12.4 Å². The Balaban J connectivity index is 0.00000108. The first-order valence-corrected chi connectivity index (χ1v) is 5.55. The van der Waals surface area contributed by atoms with Gasteiger partial charge in [0.05, 0.1) is 5.41 Å². The lowest BCUT2D eigenvalue weighted by atomic mass is 9.74. The average molecular weight is 257 g/mol. The highest BCUT2D eigenvalue weighted by molar-refractivity contribution is 6.06. The third kappa shape index (κ3) is 1.72. The maximum Gasteiger partial charge on any atom is 0.235 e. The Bertz CT molecular complexity index is 458. The summed E-state index contributed by atoms with van der Waals surface area (Å²) in [6, 6.07) is 4.58. The highest BCUT2D eigenvalue weighted by Crippen LogP contribution is 2.43. The van der Waals surface area contributed by atoms with E-state index in [-0.39, 0.29) is 24.1 Å². The lowest BCUT2D eigenvalue weighted by Gasteiger charge is -2.31. The highest BCUT2D eigenvalue weighted by Gasteiger charge is 2.47. The zero-order valence-electron chi connectivity index (χ0n) is 9.25. The topological polar surface area (TPSA) is 41.1 Å². The minimum Gasteiger partial charge on any atom is -0.325 e. The van der Waals surface area contributed by atoms with Crippen LogP contribution in [0.5, 0.6) is 0 Å². The third-order valence-corrected chi connectivity index (χ3v) is 3.64. The van der Waals surface area contributed by atoms with Crippen molar-refractivity contribution in [2.75, 3.05) is 18.4 Å². The van der Waals surface area contributed by atoms with E-state index in [1.807, 2.05) is 0 Å². The van der Waals surface area contributed by atoms with E-state index in [9.17, 15) is 9.18 Å². The summed E-state index contributed by atoms with van der Waals surface area (Å²) in [5.74, 6) is -0.278. The van der Waals surface area contributed by atoms with Gasteiger partial charge in [-0.2, -0.15) is 0 Å². The van der Waals surface area contributed by atoms with E-state index < -0.39 is 5.41 Å². The number of carbonyl (C=O) groups is 1. The minimum atomic E-state index is -0.422. The first-order valence-electron chi connectivity index (χ1n) is 5.55. The van der Waals surface area contributed by atoms with Gasteiger partial charge in [-0.15, -0.1) is 12.4 Å². The van der Waals surface area contributed by atoms with Crippen molar-refractivity contribution < 1.29 is 9.18 Å². The van der Waals surface area contributed by atoms with Crippen LogP contribution in [0.1, 0.15) is 18.4 Å². The number of halogens is 2. The van der Waals surface area contributed by atoms with E-state index in [1.54, 1.807) is 6.07 Å². The number of hydrogen-bond acceptors (Lipinski definition) is 2. The molecule has 3 rings (SSSR count). The summed E-state index contributed by atoms with van der Waals surface area (Å²) in [6.07, 6.45) is 1.58. The number of hydrogen-bond donors (Lipinski definition) is 2. The molecule has 1 amide bonds. The van der Waals surface area contributed by atoms with Crippen LogP contribution < -0.4 is 10.6 Å². The predicted octanol–water partition coefficient (Wildman–Crippen LogP) is 1.82. The molecule has 0 atom stereocenters. The second-order valence-corrected chi connectivity index (χ2v) is 4.48. The van der Waals surface area contributed by atoms with Gasteiger partial charge in [0.25, 0.3) is 0 Å². The molecule has 1 aromatic rings. The molecule has 1 fully saturated rings. The second kappa shape index (κ2) is 4.27. The molecule has 2 heterocycles. The van der Waals surface area contributed by atoms with E-state index in [4.69, 9.17) is 0 Å². The number of fused-ring (bicyclic) bond motifs is 2. The molecule has 0 unspecified atom stereocenters. The van der Waals surface area contributed by atoms with Crippen LogP contribution in [0.4, 0.5) is 10.1 Å². The van der Waals surface area contributed by atoms with Crippen molar-refractivity contribution in [2.24, 2.45) is 0 Å². The molecule has 17 heavy (non-hydrogen) atoms. The van der Waals surface area contributed by atoms with Crippen molar-refractivity contribution in [1.29, 1.82) is 0 Å². The molecule has 2 aliphatic rings. The zero-order chi connectivity index (χ0) is 11.2. The molecule has 0 radical (unpaired) electrons. The fraction of sp³-hybridized carbons (Fsp3) is 0.417. The lowest BCUT2D eigenvalue weighted by Crippen LogP contribution is -2.44. The zero-order valence-corrected chi connectivity index (χ0v) is 10.1. The number of rotatable bonds is 0. The molecule has 3 nitrogen and oxygen atoms in total. The summed E-state index contributed by atoms with van der Waals surface area (Å²) >= 11 is 0. The van der Waals surface area contributed by atoms with Crippen molar-refractivity contribution in [2.45, 2.75) is 18.3 Å². The molecule has 0 saturated carbocycles. The van der Waals surface area contributed by atoms with Crippen LogP contribution in [0.15, 0.2) is 18.2 Å². The largest absolute Gasteiger partial charge is 0.325 e. The Kier molecular flexibility index (Phi) is 3.10. The Morgan fingerprint density at radius 1 is 1.24 bits per heavy atom. The van der Waals surface area contributed by atoms with Gasteiger partial charge in [0, 0.05) is 5.69 Å². The molecule has 0 aliphatic carbocycles. The first kappa shape index (κ1) is 12.3. The fourth-order valence-corrected chi connectivity index (χ4v) is 2.75. The maximum atomic E-state index is 13.1. The quantitative estimate of drug-likeness (QED) is 0.744. The highest BCUT2D eigenvalue weighted by atomic mass is 35.5. The van der Waals surface area contributed by atoms with Gasteiger partial charge in [0.15, 0.2) is 0 Å². The summed E-state index contributed by atoms with van der Waals surface area (Å²) in [5.41, 5.74) is 1.18. The minimum absolute atomic E-state index is 0. The Morgan fingerprint density at radius 2 is 1.94 bits per heavy atom. The molecule has 92 valence electrons. The van der Waals surface area contributed by atoms with E-state index in [2.05, 4.69) is 10.6 Å². The molecule has 2 N–H and O–H groups in total. The Labute approximate surface area is 105 Å². The van der Waals surface area contributed by atoms with Gasteiger partial charge in [-0.05, 0) is 43.6 Å². The maximum absolute atomic E-state index is 13.1. The van der Waals surface area contributed by atoms with Crippen molar-refractivity contribution in [1.82, 2.24) is 5.32 Å². The van der Waals surface area contributed by atoms with Crippen molar-refractivity contribution in [3.63, 3.8) is 0 Å². The van der Waals surface area contributed by atoms with Crippen LogP contribution in [0.2, 0.25) is 0 Å². The number of amides is 1. The van der Waals surface area contributed by atoms with E-state index in [0.29, 0.717) is 5.69 Å². The molecule has 0 bridgehead atoms. The van der Waals surface area contributed by atoms with Crippen LogP contribution in [0.3, 0.4) is 0 Å². The molecular weight excluding hydrogens is 243 g/mol. The Morgan fingerprint density at radius 3 is 2.65 bits per heavy atom. The van der Waals surface area contributed by atoms with E-state index >= 15 is 0 Å². The van der Waals surface area contributed by atoms with Crippen molar-refractivity contribution in [3.8, 4) is 0 Å². The average Bonchev–Trinajstić information content (AvgIpc) is 2.53. The monoisotopic (exact) mass is 256 g/mol. The molecule has 1 aromatic carbocycles. The fourth-order valence-electron chi connectivity index (χ4n) is 2.75. The van der Waals surface area contributed by atoms with Gasteiger partial charge in [-0.3, -0.25) is 4.79 Å². The normalized spacial score (nSPS) is 20.6. The van der Waals surface area contributed by atoms with Gasteiger partial charge < -0.3 is 10.6 Å². The molecule has 0 aromatic heterocycles. The van der Waals surface area contributed by atoms with Gasteiger partial charge in [0.1, 0.15) is 5.82 Å². The first-order chi connectivity index (χ1) is 7.72. The second-order valence-electron chi connectivity index (χ2n) is 4.48. The number of anilines is 1. The number of benzene rings is 1. The number of carbonyl (C=O) groups excluding carboxylic acids is 1. The molecular formula is C12H14ClFN2O. The molecule has 1 saturated heterocycles. The van der Waals surface area contributed by atoms with Crippen molar-refractivity contribution in [3.05, 3.63) is 29.6 Å². The Hall–Kier alpha value is -1.13. The summed E-state index contributed by atoms with van der Waals surface area (Å²) in [6.45, 7) is 1.68. The van der Waals surface area contributed by atoms with Crippen LogP contribution in [0, 0.1) is 5.82 Å². The van der Waals surface area contributed by atoms with Crippen molar-refractivity contribution >= 4 is 24.0 Å². The lowest BCUT2D eigenvalue weighted by molar-refractivity contribution is -0.121. The van der Waals surface area contributed by atoms with Gasteiger partial charge in [-0.25, -0.2) is 4.39 Å². The third-order valence-electron chi connectivity index (χ3n) is 3.64. The SMILES string of the molecule is Cl.O=C1Nc2cc(F)ccc2C12CCNCC2. The standard InChI is InChI=1S/C12H13FN2O.ClH/c13-8-1-2-9-10(7-8)15-11(16)12(9)3-5-14-6-4-12;/h1-2,7,14H,3-6H2,(H,15,16);1H. The summed E-state index contributed by atoms with van der Waals surface area (Å²) < 4.78 is 13.1.